The molecule has 1 fully saturated rings. The van der Waals surface area contributed by atoms with Gasteiger partial charge in [0.1, 0.15) is 0 Å². The maximum atomic E-state index is 12.8. The summed E-state index contributed by atoms with van der Waals surface area (Å²) in [7, 11) is 0. The molecule has 1 aliphatic rings. The third-order valence-electron chi connectivity index (χ3n) is 4.48. The summed E-state index contributed by atoms with van der Waals surface area (Å²) >= 11 is 6.00. The minimum absolute atomic E-state index is 0.00861. The molecule has 6 heteroatoms. The molecule has 2 heterocycles. The molecular weight excluding hydrogens is 338 g/mol. The molecule has 2 aromatic rings. The fraction of sp³-hybridized carbons (Fsp3) is 0.368. The highest BCUT2D eigenvalue weighted by atomic mass is 35.5. The highest BCUT2D eigenvalue weighted by Crippen LogP contribution is 2.23. The summed E-state index contributed by atoms with van der Waals surface area (Å²) in [6, 6.07) is 10.9. The first-order valence-corrected chi connectivity index (χ1v) is 8.80. The average molecular weight is 360 g/mol. The molecule has 0 unspecified atom stereocenters. The van der Waals surface area contributed by atoms with Gasteiger partial charge in [0.15, 0.2) is 0 Å². The number of rotatable bonds is 5. The Kier molecular flexibility index (Phi) is 6.02. The lowest BCUT2D eigenvalue weighted by molar-refractivity contribution is -0.128. The van der Waals surface area contributed by atoms with E-state index in [1.54, 1.807) is 12.4 Å². The van der Waals surface area contributed by atoms with E-state index in [0.29, 0.717) is 18.2 Å². The summed E-state index contributed by atoms with van der Waals surface area (Å²) in [5.74, 6) is -0.00861. The molecule has 25 heavy (non-hydrogen) atoms. The Labute approximate surface area is 153 Å². The fourth-order valence-corrected chi connectivity index (χ4v) is 3.08. The molecule has 0 aliphatic carbocycles. The van der Waals surface area contributed by atoms with Crippen molar-refractivity contribution in [2.24, 2.45) is 0 Å². The standard InChI is InChI=1S/C19H22ClN3O2/c1-14(23-9-11-25-12-10-23)19(24)22-18(16-3-2-8-21-13-16)15-4-6-17(20)7-5-15/h2-8,13-14,18H,9-12H2,1H3,(H,22,24)/t14-,18-/m1/s1. The van der Waals surface area contributed by atoms with Gasteiger partial charge in [0.2, 0.25) is 5.91 Å². The largest absolute Gasteiger partial charge is 0.379 e. The Balaban J connectivity index is 1.79. The van der Waals surface area contributed by atoms with Gasteiger partial charge >= 0.3 is 0 Å². The Morgan fingerprint density at radius 2 is 1.92 bits per heavy atom. The molecule has 3 rings (SSSR count). The van der Waals surface area contributed by atoms with Crippen LogP contribution in [0.15, 0.2) is 48.8 Å². The van der Waals surface area contributed by atoms with Crippen molar-refractivity contribution in [3.8, 4) is 0 Å². The van der Waals surface area contributed by atoms with Crippen molar-refractivity contribution >= 4 is 17.5 Å². The second-order valence-corrected chi connectivity index (χ2v) is 6.54. The van der Waals surface area contributed by atoms with E-state index >= 15 is 0 Å². The summed E-state index contributed by atoms with van der Waals surface area (Å²) in [5, 5.41) is 3.83. The third kappa shape index (κ3) is 4.57. The average Bonchev–Trinajstić information content (AvgIpc) is 2.67. The smallest absolute Gasteiger partial charge is 0.237 e. The number of halogens is 1. The van der Waals surface area contributed by atoms with Crippen LogP contribution in [-0.4, -0.2) is 48.1 Å². The van der Waals surface area contributed by atoms with Crippen molar-refractivity contribution in [1.82, 2.24) is 15.2 Å². The van der Waals surface area contributed by atoms with Crippen LogP contribution < -0.4 is 5.32 Å². The van der Waals surface area contributed by atoms with Gasteiger partial charge in [-0.2, -0.15) is 0 Å². The number of amides is 1. The van der Waals surface area contributed by atoms with Gasteiger partial charge in [0, 0.05) is 30.5 Å². The summed E-state index contributed by atoms with van der Waals surface area (Å²) in [6.07, 6.45) is 3.50. The number of morpholine rings is 1. The minimum Gasteiger partial charge on any atom is -0.379 e. The van der Waals surface area contributed by atoms with E-state index in [1.807, 2.05) is 43.3 Å². The zero-order chi connectivity index (χ0) is 17.6. The molecule has 1 N–H and O–H groups in total. The summed E-state index contributed by atoms with van der Waals surface area (Å²) < 4.78 is 5.37. The molecule has 1 aromatic heterocycles. The normalized spacial score (nSPS) is 17.7. The molecule has 5 nitrogen and oxygen atoms in total. The lowest BCUT2D eigenvalue weighted by Crippen LogP contribution is -2.50. The Hall–Kier alpha value is -1.95. The third-order valence-corrected chi connectivity index (χ3v) is 4.73. The number of carbonyl (C=O) groups is 1. The lowest BCUT2D eigenvalue weighted by atomic mass is 9.99. The quantitative estimate of drug-likeness (QED) is 0.891. The SMILES string of the molecule is C[C@H](C(=O)N[C@H](c1ccc(Cl)cc1)c1cccnc1)N1CCOCC1. The van der Waals surface area contributed by atoms with Crippen molar-refractivity contribution in [3.63, 3.8) is 0 Å². The minimum atomic E-state index is -0.262. The van der Waals surface area contributed by atoms with Gasteiger partial charge in [-0.1, -0.05) is 29.8 Å². The Morgan fingerprint density at radius 3 is 2.56 bits per heavy atom. The molecule has 2 atom stereocenters. The highest BCUT2D eigenvalue weighted by molar-refractivity contribution is 6.30. The van der Waals surface area contributed by atoms with E-state index in [9.17, 15) is 4.79 Å². The Bertz CT molecular complexity index is 688. The fourth-order valence-electron chi connectivity index (χ4n) is 2.95. The van der Waals surface area contributed by atoms with Gasteiger partial charge in [-0.15, -0.1) is 0 Å². The zero-order valence-corrected chi connectivity index (χ0v) is 14.9. The molecular formula is C19H22ClN3O2. The second-order valence-electron chi connectivity index (χ2n) is 6.10. The molecule has 0 bridgehead atoms. The monoisotopic (exact) mass is 359 g/mol. The second kappa shape index (κ2) is 8.43. The van der Waals surface area contributed by atoms with Crippen LogP contribution in [0.25, 0.3) is 0 Å². The van der Waals surface area contributed by atoms with E-state index < -0.39 is 0 Å². The van der Waals surface area contributed by atoms with Crippen LogP contribution in [0.3, 0.4) is 0 Å². The van der Waals surface area contributed by atoms with Crippen LogP contribution in [0.5, 0.6) is 0 Å². The maximum absolute atomic E-state index is 12.8. The van der Waals surface area contributed by atoms with Crippen LogP contribution >= 0.6 is 11.6 Å². The zero-order valence-electron chi connectivity index (χ0n) is 14.2. The van der Waals surface area contributed by atoms with Crippen LogP contribution in [-0.2, 0) is 9.53 Å². The van der Waals surface area contributed by atoms with Crippen molar-refractivity contribution in [3.05, 3.63) is 64.9 Å². The number of nitrogens with one attached hydrogen (secondary N) is 1. The topological polar surface area (TPSA) is 54.5 Å². The first kappa shape index (κ1) is 17.9. The number of carbonyl (C=O) groups excluding carboxylic acids is 1. The molecule has 1 amide bonds. The van der Waals surface area contributed by atoms with Gasteiger partial charge in [-0.3, -0.25) is 14.7 Å². The van der Waals surface area contributed by atoms with Crippen LogP contribution in [0.4, 0.5) is 0 Å². The molecule has 0 spiro atoms. The van der Waals surface area contributed by atoms with Crippen molar-refractivity contribution in [2.75, 3.05) is 26.3 Å². The molecule has 1 aliphatic heterocycles. The number of hydrogen-bond donors (Lipinski definition) is 1. The number of ether oxygens (including phenoxy) is 1. The van der Waals surface area contributed by atoms with Gasteiger partial charge in [-0.25, -0.2) is 0 Å². The number of aromatic nitrogens is 1. The van der Waals surface area contributed by atoms with Crippen LogP contribution in [0, 0.1) is 0 Å². The molecule has 1 saturated heterocycles. The first-order chi connectivity index (χ1) is 12.1. The predicted octanol–water partition coefficient (Wildman–Crippen LogP) is 2.66. The van der Waals surface area contributed by atoms with E-state index in [-0.39, 0.29) is 18.0 Å². The molecule has 0 saturated carbocycles. The van der Waals surface area contributed by atoms with Crippen LogP contribution in [0.2, 0.25) is 5.02 Å². The van der Waals surface area contributed by atoms with E-state index in [1.165, 1.54) is 0 Å². The molecule has 1 aromatic carbocycles. The maximum Gasteiger partial charge on any atom is 0.237 e. The van der Waals surface area contributed by atoms with E-state index in [2.05, 4.69) is 15.2 Å². The van der Waals surface area contributed by atoms with Gasteiger partial charge in [-0.05, 0) is 36.2 Å². The van der Waals surface area contributed by atoms with E-state index in [4.69, 9.17) is 16.3 Å². The number of benzene rings is 1. The Morgan fingerprint density at radius 1 is 1.20 bits per heavy atom. The van der Waals surface area contributed by atoms with Crippen LogP contribution in [0.1, 0.15) is 24.1 Å². The van der Waals surface area contributed by atoms with E-state index in [0.717, 1.165) is 24.2 Å². The number of nitrogens with zero attached hydrogens (tertiary/aromatic N) is 2. The van der Waals surface area contributed by atoms with Gasteiger partial charge in [0.05, 0.1) is 25.3 Å². The summed E-state index contributed by atoms with van der Waals surface area (Å²) in [5.41, 5.74) is 1.91. The molecule has 132 valence electrons. The van der Waals surface area contributed by atoms with Crippen molar-refractivity contribution in [1.29, 1.82) is 0 Å². The number of pyridine rings is 1. The lowest BCUT2D eigenvalue weighted by Gasteiger charge is -2.32. The number of hydrogen-bond acceptors (Lipinski definition) is 4. The first-order valence-electron chi connectivity index (χ1n) is 8.42. The molecule has 0 radical (unpaired) electrons. The van der Waals surface area contributed by atoms with Gasteiger partial charge < -0.3 is 10.1 Å². The van der Waals surface area contributed by atoms with Gasteiger partial charge in [0.25, 0.3) is 0 Å². The summed E-state index contributed by atoms with van der Waals surface area (Å²) in [4.78, 5) is 19.2. The van der Waals surface area contributed by atoms with Crippen molar-refractivity contribution < 1.29 is 9.53 Å². The highest BCUT2D eigenvalue weighted by Gasteiger charge is 2.26. The van der Waals surface area contributed by atoms with Crippen molar-refractivity contribution in [2.45, 2.75) is 19.0 Å². The summed E-state index contributed by atoms with van der Waals surface area (Å²) in [6.45, 7) is 4.81. The predicted molar refractivity (Wildman–Crippen MR) is 97.5 cm³/mol.